The summed E-state index contributed by atoms with van der Waals surface area (Å²) in [6.45, 7) is 0. The monoisotopic (exact) mass is 436 g/mol. The highest BCUT2D eigenvalue weighted by Gasteiger charge is 2.09. The standard InChI is InChI=1S/C8H5Br4F/c9-7(10)4-1-5(8(11)12)3-6(13)2-4/h1-3,7-8H. The van der Waals surface area contributed by atoms with E-state index in [2.05, 4.69) is 63.7 Å². The van der Waals surface area contributed by atoms with Gasteiger partial charge in [0.05, 0.1) is 7.47 Å². The fraction of sp³-hybridized carbons (Fsp3) is 0.250. The first-order chi connectivity index (χ1) is 6.00. The number of halogens is 5. The fourth-order valence-corrected chi connectivity index (χ4v) is 1.95. The van der Waals surface area contributed by atoms with Crippen molar-refractivity contribution in [2.45, 2.75) is 7.47 Å². The van der Waals surface area contributed by atoms with Crippen molar-refractivity contribution in [2.24, 2.45) is 0 Å². The van der Waals surface area contributed by atoms with Crippen LogP contribution in [-0.4, -0.2) is 0 Å². The first-order valence-electron chi connectivity index (χ1n) is 3.37. The third-order valence-corrected chi connectivity index (χ3v) is 3.56. The molecular weight excluding hydrogens is 435 g/mol. The van der Waals surface area contributed by atoms with Gasteiger partial charge in [0.25, 0.3) is 0 Å². The summed E-state index contributed by atoms with van der Waals surface area (Å²) < 4.78 is 13.0. The van der Waals surface area contributed by atoms with Crippen molar-refractivity contribution in [1.82, 2.24) is 0 Å². The van der Waals surface area contributed by atoms with Crippen LogP contribution in [0.1, 0.15) is 18.6 Å². The maximum Gasteiger partial charge on any atom is 0.123 e. The summed E-state index contributed by atoms with van der Waals surface area (Å²) in [4.78, 5) is 0. The Morgan fingerprint density at radius 3 is 1.54 bits per heavy atom. The molecule has 5 heteroatoms. The van der Waals surface area contributed by atoms with Crippen molar-refractivity contribution >= 4 is 63.7 Å². The Morgan fingerprint density at radius 2 is 1.23 bits per heavy atom. The van der Waals surface area contributed by atoms with E-state index < -0.39 is 0 Å². The highest BCUT2D eigenvalue weighted by Crippen LogP contribution is 2.35. The third kappa shape index (κ3) is 3.61. The van der Waals surface area contributed by atoms with Crippen molar-refractivity contribution in [3.63, 3.8) is 0 Å². The molecule has 0 aliphatic rings. The van der Waals surface area contributed by atoms with Crippen molar-refractivity contribution in [3.05, 3.63) is 35.1 Å². The Hall–Kier alpha value is 1.07. The van der Waals surface area contributed by atoms with Crippen molar-refractivity contribution < 1.29 is 4.39 Å². The Kier molecular flexibility index (Phi) is 4.89. The van der Waals surface area contributed by atoms with Gasteiger partial charge in [-0.1, -0.05) is 69.8 Å². The Morgan fingerprint density at radius 1 is 0.846 bits per heavy atom. The Bertz CT molecular complexity index is 272. The van der Waals surface area contributed by atoms with Gasteiger partial charge in [-0.15, -0.1) is 0 Å². The second-order valence-corrected chi connectivity index (χ2v) is 8.54. The molecule has 1 rings (SSSR count). The molecule has 0 aliphatic carbocycles. The number of hydrogen-bond donors (Lipinski definition) is 0. The highest BCUT2D eigenvalue weighted by atomic mass is 79.9. The van der Waals surface area contributed by atoms with Gasteiger partial charge in [-0.05, 0) is 23.3 Å². The van der Waals surface area contributed by atoms with Gasteiger partial charge in [0.2, 0.25) is 0 Å². The summed E-state index contributed by atoms with van der Waals surface area (Å²) in [7, 11) is 0. The second-order valence-electron chi connectivity index (χ2n) is 2.42. The van der Waals surface area contributed by atoms with Gasteiger partial charge >= 0.3 is 0 Å². The van der Waals surface area contributed by atoms with E-state index in [1.807, 2.05) is 6.07 Å². The number of benzene rings is 1. The minimum absolute atomic E-state index is 0.0202. The molecule has 0 N–H and O–H groups in total. The molecule has 0 bridgehead atoms. The normalized spacial score (nSPS) is 11.3. The van der Waals surface area contributed by atoms with Crippen molar-refractivity contribution in [3.8, 4) is 0 Å². The first-order valence-corrected chi connectivity index (χ1v) is 7.03. The van der Waals surface area contributed by atoms with E-state index in [1.54, 1.807) is 0 Å². The number of alkyl halides is 4. The Labute approximate surface area is 110 Å². The van der Waals surface area contributed by atoms with Crippen LogP contribution in [0.15, 0.2) is 18.2 Å². The molecule has 0 amide bonds. The maximum atomic E-state index is 13.1. The highest BCUT2D eigenvalue weighted by molar-refractivity contribution is 9.24. The molecule has 0 saturated heterocycles. The first kappa shape index (κ1) is 12.1. The molecule has 1 aromatic rings. The maximum absolute atomic E-state index is 13.1. The summed E-state index contributed by atoms with van der Waals surface area (Å²) >= 11 is 13.3. The predicted octanol–water partition coefficient (Wildman–Crippen LogP) is 5.40. The van der Waals surface area contributed by atoms with E-state index in [0.29, 0.717) is 0 Å². The summed E-state index contributed by atoms with van der Waals surface area (Å²) in [5, 5.41) is 0. The van der Waals surface area contributed by atoms with E-state index in [4.69, 9.17) is 0 Å². The average molecular weight is 440 g/mol. The van der Waals surface area contributed by atoms with Crippen LogP contribution in [-0.2, 0) is 0 Å². The third-order valence-electron chi connectivity index (χ3n) is 1.45. The number of rotatable bonds is 2. The van der Waals surface area contributed by atoms with Crippen molar-refractivity contribution in [2.75, 3.05) is 0 Å². The van der Waals surface area contributed by atoms with E-state index in [1.165, 1.54) is 12.1 Å². The topological polar surface area (TPSA) is 0 Å². The summed E-state index contributed by atoms with van der Waals surface area (Å²) in [6, 6.07) is 4.88. The largest absolute Gasteiger partial charge is 0.207 e. The zero-order valence-electron chi connectivity index (χ0n) is 6.28. The minimum Gasteiger partial charge on any atom is -0.207 e. The molecule has 0 heterocycles. The van der Waals surface area contributed by atoms with Crippen LogP contribution in [0.5, 0.6) is 0 Å². The Balaban J connectivity index is 3.11. The molecule has 0 spiro atoms. The molecule has 0 fully saturated rings. The van der Waals surface area contributed by atoms with Crippen LogP contribution in [0.4, 0.5) is 4.39 Å². The molecule has 0 nitrogen and oxygen atoms in total. The van der Waals surface area contributed by atoms with E-state index >= 15 is 0 Å². The van der Waals surface area contributed by atoms with Gasteiger partial charge in [0, 0.05) is 0 Å². The van der Waals surface area contributed by atoms with E-state index in [0.717, 1.165) is 11.1 Å². The summed E-state index contributed by atoms with van der Waals surface area (Å²) in [6.07, 6.45) is 0. The predicted molar refractivity (Wildman–Crippen MR) is 67.6 cm³/mol. The van der Waals surface area contributed by atoms with E-state index in [-0.39, 0.29) is 13.3 Å². The molecule has 0 radical (unpaired) electrons. The number of hydrogen-bond acceptors (Lipinski definition) is 0. The average Bonchev–Trinajstić information content (AvgIpc) is 2.03. The van der Waals surface area contributed by atoms with Gasteiger partial charge in [-0.3, -0.25) is 0 Å². The molecule has 0 aromatic heterocycles. The van der Waals surface area contributed by atoms with Gasteiger partial charge in [-0.25, -0.2) is 4.39 Å². The molecule has 0 aliphatic heterocycles. The summed E-state index contributed by atoms with van der Waals surface area (Å²) in [5.74, 6) is -0.236. The van der Waals surface area contributed by atoms with Crippen LogP contribution in [0.25, 0.3) is 0 Å². The molecule has 13 heavy (non-hydrogen) atoms. The van der Waals surface area contributed by atoms with Crippen LogP contribution in [0, 0.1) is 5.82 Å². The lowest BCUT2D eigenvalue weighted by Gasteiger charge is -2.07. The van der Waals surface area contributed by atoms with Gasteiger partial charge in [-0.2, -0.15) is 0 Å². The lowest BCUT2D eigenvalue weighted by atomic mass is 10.1. The van der Waals surface area contributed by atoms with Gasteiger partial charge < -0.3 is 0 Å². The lowest BCUT2D eigenvalue weighted by Crippen LogP contribution is -1.89. The molecule has 72 valence electrons. The second kappa shape index (κ2) is 5.24. The molecule has 0 unspecified atom stereocenters. The van der Waals surface area contributed by atoms with Crippen LogP contribution in [0.2, 0.25) is 0 Å². The molecule has 0 atom stereocenters. The zero-order valence-corrected chi connectivity index (χ0v) is 12.6. The quantitative estimate of drug-likeness (QED) is 0.541. The van der Waals surface area contributed by atoms with Crippen LogP contribution in [0.3, 0.4) is 0 Å². The minimum atomic E-state index is -0.236. The van der Waals surface area contributed by atoms with Crippen molar-refractivity contribution in [1.29, 1.82) is 0 Å². The summed E-state index contributed by atoms with van der Waals surface area (Å²) in [5.41, 5.74) is 1.72. The molecule has 0 saturated carbocycles. The zero-order chi connectivity index (χ0) is 10.0. The lowest BCUT2D eigenvalue weighted by molar-refractivity contribution is 0.625. The van der Waals surface area contributed by atoms with Gasteiger partial charge in [0.15, 0.2) is 0 Å². The molecular formula is C8H5Br4F. The van der Waals surface area contributed by atoms with Crippen LogP contribution < -0.4 is 0 Å². The van der Waals surface area contributed by atoms with Gasteiger partial charge in [0.1, 0.15) is 5.82 Å². The smallest absolute Gasteiger partial charge is 0.123 e. The van der Waals surface area contributed by atoms with Crippen LogP contribution >= 0.6 is 63.7 Å². The molecule has 1 aromatic carbocycles. The van der Waals surface area contributed by atoms with E-state index in [9.17, 15) is 4.39 Å². The SMILES string of the molecule is Fc1cc(C(Br)Br)cc(C(Br)Br)c1. The fourth-order valence-electron chi connectivity index (χ4n) is 0.888.